The van der Waals surface area contributed by atoms with Gasteiger partial charge in [-0.05, 0) is 45.0 Å². The van der Waals surface area contributed by atoms with Gasteiger partial charge in [-0.25, -0.2) is 4.79 Å². The third-order valence-electron chi connectivity index (χ3n) is 2.62. The highest BCUT2D eigenvalue weighted by Crippen LogP contribution is 2.15. The molecule has 3 amide bonds. The van der Waals surface area contributed by atoms with E-state index in [2.05, 4.69) is 22.5 Å². The molecular formula is C17H23N3O4. The maximum Gasteiger partial charge on any atom is 0.407 e. The van der Waals surface area contributed by atoms with Crippen LogP contribution < -0.4 is 16.0 Å². The third-order valence-corrected chi connectivity index (χ3v) is 2.62. The van der Waals surface area contributed by atoms with Crippen molar-refractivity contribution in [2.45, 2.75) is 32.8 Å². The Bertz CT molecular complexity index is 621. The van der Waals surface area contributed by atoms with Crippen LogP contribution in [0.4, 0.5) is 16.2 Å². The van der Waals surface area contributed by atoms with E-state index in [-0.39, 0.29) is 24.8 Å². The second-order valence-electron chi connectivity index (χ2n) is 6.00. The fraction of sp³-hybridized carbons (Fsp3) is 0.353. The highest BCUT2D eigenvalue weighted by molar-refractivity contribution is 5.99. The van der Waals surface area contributed by atoms with Gasteiger partial charge in [0, 0.05) is 24.3 Å². The molecule has 0 spiro atoms. The van der Waals surface area contributed by atoms with Crippen molar-refractivity contribution in [1.29, 1.82) is 0 Å². The minimum absolute atomic E-state index is 0.0997. The summed E-state index contributed by atoms with van der Waals surface area (Å²) in [7, 11) is 0. The number of alkyl carbamates (subject to hydrolysis) is 1. The van der Waals surface area contributed by atoms with Gasteiger partial charge in [-0.2, -0.15) is 0 Å². The number of carbonyl (C=O) groups excluding carboxylic acids is 3. The Morgan fingerprint density at radius 1 is 1.17 bits per heavy atom. The summed E-state index contributed by atoms with van der Waals surface area (Å²) in [6.45, 7) is 8.82. The summed E-state index contributed by atoms with van der Waals surface area (Å²) in [4.78, 5) is 34.6. The first-order chi connectivity index (χ1) is 11.2. The third kappa shape index (κ3) is 7.98. The first-order valence-electron chi connectivity index (χ1n) is 7.50. The largest absolute Gasteiger partial charge is 0.444 e. The van der Waals surface area contributed by atoms with Gasteiger partial charge in [-0.1, -0.05) is 12.6 Å². The summed E-state index contributed by atoms with van der Waals surface area (Å²) < 4.78 is 5.07. The lowest BCUT2D eigenvalue weighted by atomic mass is 10.2. The lowest BCUT2D eigenvalue weighted by Crippen LogP contribution is -2.34. The number of anilines is 2. The van der Waals surface area contributed by atoms with E-state index in [9.17, 15) is 14.4 Å². The SMILES string of the molecule is C=CC(=O)Nc1cccc(NC(=O)CCNC(=O)OC(C)(C)C)c1. The molecule has 0 radical (unpaired) electrons. The van der Waals surface area contributed by atoms with Crippen molar-refractivity contribution in [2.24, 2.45) is 0 Å². The van der Waals surface area contributed by atoms with Crippen molar-refractivity contribution in [1.82, 2.24) is 5.32 Å². The quantitative estimate of drug-likeness (QED) is 0.697. The van der Waals surface area contributed by atoms with Crippen LogP contribution >= 0.6 is 0 Å². The van der Waals surface area contributed by atoms with Crippen molar-refractivity contribution >= 4 is 29.3 Å². The number of benzene rings is 1. The molecule has 3 N–H and O–H groups in total. The number of carbonyl (C=O) groups is 3. The van der Waals surface area contributed by atoms with E-state index in [0.717, 1.165) is 6.08 Å². The van der Waals surface area contributed by atoms with Crippen molar-refractivity contribution in [2.75, 3.05) is 17.2 Å². The molecule has 0 heterocycles. The Kier molecular flexibility index (Phi) is 6.98. The normalized spacial score (nSPS) is 10.5. The molecule has 0 saturated heterocycles. The van der Waals surface area contributed by atoms with Gasteiger partial charge >= 0.3 is 6.09 Å². The molecule has 0 aliphatic rings. The predicted molar refractivity (Wildman–Crippen MR) is 92.8 cm³/mol. The van der Waals surface area contributed by atoms with Crippen LogP contribution in [-0.4, -0.2) is 30.1 Å². The lowest BCUT2D eigenvalue weighted by molar-refractivity contribution is -0.116. The van der Waals surface area contributed by atoms with E-state index < -0.39 is 11.7 Å². The number of rotatable bonds is 6. The van der Waals surface area contributed by atoms with Gasteiger partial charge in [0.2, 0.25) is 11.8 Å². The molecule has 0 bridgehead atoms. The van der Waals surface area contributed by atoms with Crippen LogP contribution in [0.15, 0.2) is 36.9 Å². The minimum atomic E-state index is -0.581. The molecule has 130 valence electrons. The van der Waals surface area contributed by atoms with Crippen molar-refractivity contribution < 1.29 is 19.1 Å². The van der Waals surface area contributed by atoms with Gasteiger partial charge in [-0.3, -0.25) is 9.59 Å². The zero-order valence-corrected chi connectivity index (χ0v) is 14.1. The molecule has 1 rings (SSSR count). The summed E-state index contributed by atoms with van der Waals surface area (Å²) in [5.74, 6) is -0.599. The molecule has 7 nitrogen and oxygen atoms in total. The first-order valence-corrected chi connectivity index (χ1v) is 7.50. The summed E-state index contributed by atoms with van der Waals surface area (Å²) in [6.07, 6.45) is 0.695. The van der Waals surface area contributed by atoms with Crippen LogP contribution in [-0.2, 0) is 14.3 Å². The average Bonchev–Trinajstić information content (AvgIpc) is 2.45. The maximum absolute atomic E-state index is 11.9. The van der Waals surface area contributed by atoms with Crippen LogP contribution in [0.25, 0.3) is 0 Å². The van der Waals surface area contributed by atoms with Gasteiger partial charge in [0.15, 0.2) is 0 Å². The fourth-order valence-electron chi connectivity index (χ4n) is 1.68. The predicted octanol–water partition coefficient (Wildman–Crippen LogP) is 2.66. The van der Waals surface area contributed by atoms with Crippen LogP contribution in [0.1, 0.15) is 27.2 Å². The number of ether oxygens (including phenoxy) is 1. The van der Waals surface area contributed by atoms with Gasteiger partial charge < -0.3 is 20.7 Å². The molecule has 1 aromatic rings. The zero-order valence-electron chi connectivity index (χ0n) is 14.1. The molecule has 0 aliphatic heterocycles. The van der Waals surface area contributed by atoms with Crippen molar-refractivity contribution in [3.8, 4) is 0 Å². The number of amides is 3. The molecule has 0 aliphatic carbocycles. The Hall–Kier alpha value is -2.83. The molecule has 0 fully saturated rings. The summed E-state index contributed by atoms with van der Waals surface area (Å²) >= 11 is 0. The maximum atomic E-state index is 11.9. The summed E-state index contributed by atoms with van der Waals surface area (Å²) in [5, 5.41) is 7.80. The van der Waals surface area contributed by atoms with E-state index in [1.54, 1.807) is 45.0 Å². The minimum Gasteiger partial charge on any atom is -0.444 e. The topological polar surface area (TPSA) is 96.5 Å². The van der Waals surface area contributed by atoms with E-state index in [1.807, 2.05) is 0 Å². The molecular weight excluding hydrogens is 310 g/mol. The number of hydrogen-bond donors (Lipinski definition) is 3. The standard InChI is InChI=1S/C17H23N3O4/c1-5-14(21)19-12-7-6-8-13(11-12)20-15(22)9-10-18-16(23)24-17(2,3)4/h5-8,11H,1,9-10H2,2-4H3,(H,18,23)(H,19,21)(H,20,22). The van der Waals surface area contributed by atoms with E-state index in [4.69, 9.17) is 4.74 Å². The van der Waals surface area contributed by atoms with Crippen molar-refractivity contribution in [3.05, 3.63) is 36.9 Å². The number of nitrogens with one attached hydrogen (secondary N) is 3. The van der Waals surface area contributed by atoms with Crippen molar-refractivity contribution in [3.63, 3.8) is 0 Å². The van der Waals surface area contributed by atoms with E-state index >= 15 is 0 Å². The van der Waals surface area contributed by atoms with Crippen LogP contribution in [0, 0.1) is 0 Å². The van der Waals surface area contributed by atoms with Gasteiger partial charge in [-0.15, -0.1) is 0 Å². The number of hydrogen-bond acceptors (Lipinski definition) is 4. The Morgan fingerprint density at radius 3 is 2.38 bits per heavy atom. The highest BCUT2D eigenvalue weighted by Gasteiger charge is 2.15. The Labute approximate surface area is 141 Å². The molecule has 0 aromatic heterocycles. The van der Waals surface area contributed by atoms with Crippen LogP contribution in [0.2, 0.25) is 0 Å². The van der Waals surface area contributed by atoms with Crippen LogP contribution in [0.3, 0.4) is 0 Å². The molecule has 1 aromatic carbocycles. The van der Waals surface area contributed by atoms with Crippen LogP contribution in [0.5, 0.6) is 0 Å². The summed E-state index contributed by atoms with van der Waals surface area (Å²) in [6, 6.07) is 6.72. The zero-order chi connectivity index (χ0) is 18.2. The first kappa shape index (κ1) is 19.2. The molecule has 24 heavy (non-hydrogen) atoms. The molecule has 0 saturated carbocycles. The molecule has 7 heteroatoms. The average molecular weight is 333 g/mol. The molecule has 0 atom stereocenters. The van der Waals surface area contributed by atoms with E-state index in [1.165, 1.54) is 0 Å². The van der Waals surface area contributed by atoms with Gasteiger partial charge in [0.1, 0.15) is 5.60 Å². The van der Waals surface area contributed by atoms with E-state index in [0.29, 0.717) is 11.4 Å². The molecule has 0 unspecified atom stereocenters. The van der Waals surface area contributed by atoms with Gasteiger partial charge in [0.05, 0.1) is 0 Å². The van der Waals surface area contributed by atoms with Gasteiger partial charge in [0.25, 0.3) is 0 Å². The Balaban J connectivity index is 2.42. The second kappa shape index (κ2) is 8.71. The smallest absolute Gasteiger partial charge is 0.407 e. The highest BCUT2D eigenvalue weighted by atomic mass is 16.6. The summed E-state index contributed by atoms with van der Waals surface area (Å²) in [5.41, 5.74) is 0.506. The monoisotopic (exact) mass is 333 g/mol. The lowest BCUT2D eigenvalue weighted by Gasteiger charge is -2.19. The fourth-order valence-corrected chi connectivity index (χ4v) is 1.68. The second-order valence-corrected chi connectivity index (χ2v) is 6.00. The Morgan fingerprint density at radius 2 is 1.79 bits per heavy atom.